The average molecular weight is 326 g/mol. The van der Waals surface area contributed by atoms with E-state index in [1.807, 2.05) is 30.7 Å². The van der Waals surface area contributed by atoms with Gasteiger partial charge in [0.2, 0.25) is 5.78 Å². The summed E-state index contributed by atoms with van der Waals surface area (Å²) < 4.78 is 11.3. The van der Waals surface area contributed by atoms with E-state index in [0.29, 0.717) is 22.8 Å². The summed E-state index contributed by atoms with van der Waals surface area (Å²) in [7, 11) is 0. The number of thiophene rings is 1. The van der Waals surface area contributed by atoms with E-state index in [9.17, 15) is 9.59 Å². The summed E-state index contributed by atoms with van der Waals surface area (Å²) in [5.74, 6) is 0.877. The number of benzene rings is 1. The third-order valence-electron chi connectivity index (χ3n) is 4.15. The highest BCUT2D eigenvalue weighted by atomic mass is 32.1. The van der Waals surface area contributed by atoms with E-state index in [1.165, 1.54) is 0 Å². The Morgan fingerprint density at radius 2 is 2.00 bits per heavy atom. The lowest BCUT2D eigenvalue weighted by atomic mass is 9.86. The molecule has 0 saturated heterocycles. The quantitative estimate of drug-likeness (QED) is 0.450. The third kappa shape index (κ3) is 2.11. The number of esters is 1. The highest BCUT2D eigenvalue weighted by Gasteiger charge is 2.38. The molecule has 1 aromatic carbocycles. The Morgan fingerprint density at radius 1 is 1.17 bits per heavy atom. The lowest BCUT2D eigenvalue weighted by molar-refractivity contribution is -0.135. The van der Waals surface area contributed by atoms with E-state index < -0.39 is 0 Å². The monoisotopic (exact) mass is 326 g/mol. The molecular formula is C18H14O4S. The van der Waals surface area contributed by atoms with Crippen LogP contribution in [0.2, 0.25) is 0 Å². The van der Waals surface area contributed by atoms with Gasteiger partial charge in [-0.25, -0.2) is 0 Å². The second kappa shape index (κ2) is 5.06. The van der Waals surface area contributed by atoms with Gasteiger partial charge in [-0.1, -0.05) is 0 Å². The normalized spacial score (nSPS) is 19.0. The van der Waals surface area contributed by atoms with Crippen molar-refractivity contribution in [3.8, 4) is 11.5 Å². The highest BCUT2D eigenvalue weighted by Crippen LogP contribution is 2.49. The first-order valence-corrected chi connectivity index (χ1v) is 8.30. The maximum Gasteiger partial charge on any atom is 0.312 e. The fourth-order valence-corrected chi connectivity index (χ4v) is 3.79. The van der Waals surface area contributed by atoms with E-state index in [-0.39, 0.29) is 24.1 Å². The summed E-state index contributed by atoms with van der Waals surface area (Å²) in [6.07, 6.45) is 0.252. The van der Waals surface area contributed by atoms with Gasteiger partial charge in [0.1, 0.15) is 11.5 Å². The maximum absolute atomic E-state index is 12.5. The summed E-state index contributed by atoms with van der Waals surface area (Å²) in [5, 5.41) is 4.00. The maximum atomic E-state index is 12.5. The van der Waals surface area contributed by atoms with E-state index in [2.05, 4.69) is 0 Å². The number of Topliss-reactive ketones (excluding diaryl/α,β-unsaturated/α-hetero) is 1. The molecule has 2 aliphatic heterocycles. The van der Waals surface area contributed by atoms with Crippen molar-refractivity contribution in [2.75, 3.05) is 0 Å². The molecule has 1 atom stereocenters. The zero-order valence-corrected chi connectivity index (χ0v) is 13.5. The molecular weight excluding hydrogens is 312 g/mol. The molecule has 0 saturated carbocycles. The first-order chi connectivity index (χ1) is 11.1. The Labute approximate surface area is 137 Å². The zero-order chi connectivity index (χ0) is 16.1. The van der Waals surface area contributed by atoms with Gasteiger partial charge in [-0.2, -0.15) is 11.3 Å². The van der Waals surface area contributed by atoms with Crippen molar-refractivity contribution in [1.29, 1.82) is 0 Å². The van der Waals surface area contributed by atoms with Crippen LogP contribution in [0.3, 0.4) is 0 Å². The molecule has 4 rings (SSSR count). The minimum Gasteiger partial charge on any atom is -0.452 e. The van der Waals surface area contributed by atoms with Crippen LogP contribution in [0.1, 0.15) is 47.7 Å². The summed E-state index contributed by atoms with van der Waals surface area (Å²) in [6, 6.07) is 5.37. The Balaban J connectivity index is 1.94. The van der Waals surface area contributed by atoms with Crippen LogP contribution in [0.15, 0.2) is 40.3 Å². The van der Waals surface area contributed by atoms with Crippen LogP contribution in [-0.4, -0.2) is 11.8 Å². The van der Waals surface area contributed by atoms with Crippen LogP contribution in [-0.2, 0) is 4.79 Å². The smallest absolute Gasteiger partial charge is 0.312 e. The number of hydrogen-bond donors (Lipinski definition) is 0. The molecule has 1 aromatic heterocycles. The third-order valence-corrected chi connectivity index (χ3v) is 4.86. The predicted molar refractivity (Wildman–Crippen MR) is 86.2 cm³/mol. The Bertz CT molecular complexity index is 857. The van der Waals surface area contributed by atoms with Gasteiger partial charge < -0.3 is 9.47 Å². The van der Waals surface area contributed by atoms with Crippen molar-refractivity contribution in [3.05, 3.63) is 57.0 Å². The molecule has 0 unspecified atom stereocenters. The number of ether oxygens (including phenoxy) is 2. The van der Waals surface area contributed by atoms with Crippen LogP contribution < -0.4 is 9.47 Å². The summed E-state index contributed by atoms with van der Waals surface area (Å²) in [6.45, 7) is 3.70. The average Bonchev–Trinajstić information content (AvgIpc) is 3.14. The van der Waals surface area contributed by atoms with Gasteiger partial charge in [-0.3, -0.25) is 9.59 Å². The minimum absolute atomic E-state index is 0.108. The highest BCUT2D eigenvalue weighted by molar-refractivity contribution is 7.08. The van der Waals surface area contributed by atoms with E-state index in [4.69, 9.17) is 9.47 Å². The Kier molecular flexibility index (Phi) is 3.13. The molecule has 5 heteroatoms. The number of carbonyl (C=O) groups is 2. The first kappa shape index (κ1) is 14.2. The zero-order valence-electron chi connectivity index (χ0n) is 12.7. The van der Waals surface area contributed by atoms with Gasteiger partial charge in [0.25, 0.3) is 0 Å². The lowest BCUT2D eigenvalue weighted by Crippen LogP contribution is -2.21. The number of allylic oxidation sites excluding steroid dienone is 2. The second-order valence-electron chi connectivity index (χ2n) is 5.90. The van der Waals surface area contributed by atoms with E-state index >= 15 is 0 Å². The standard InChI is InChI=1S/C18H14O4S/c1-9(2)17-16(20)11-3-4-13-15(18(11)22-17)12(7-14(19)21-13)10-5-6-23-8-10/h3-6,8,12H,7H2,1-2H3/t12-/m0/s1. The van der Waals surface area contributed by atoms with Crippen molar-refractivity contribution in [1.82, 2.24) is 0 Å². The van der Waals surface area contributed by atoms with Crippen molar-refractivity contribution >= 4 is 23.1 Å². The number of hydrogen-bond acceptors (Lipinski definition) is 5. The molecule has 23 heavy (non-hydrogen) atoms. The van der Waals surface area contributed by atoms with Crippen LogP contribution in [0.5, 0.6) is 11.5 Å². The van der Waals surface area contributed by atoms with Gasteiger partial charge in [-0.05, 0) is 53.9 Å². The fourth-order valence-electron chi connectivity index (χ4n) is 3.08. The van der Waals surface area contributed by atoms with E-state index in [1.54, 1.807) is 23.5 Å². The second-order valence-corrected chi connectivity index (χ2v) is 6.68. The summed E-state index contributed by atoms with van der Waals surface area (Å²) in [4.78, 5) is 24.4. The number of ketones is 1. The molecule has 0 radical (unpaired) electrons. The minimum atomic E-state index is -0.264. The number of rotatable bonds is 1. The molecule has 0 amide bonds. The SMILES string of the molecule is CC(C)=C1Oc2c(ccc3c2[C@H](c2ccsc2)CC(=O)O3)C1=O. The van der Waals surface area contributed by atoms with Crippen LogP contribution in [0, 0.1) is 0 Å². The molecule has 116 valence electrons. The first-order valence-electron chi connectivity index (χ1n) is 7.36. The molecule has 0 bridgehead atoms. The van der Waals surface area contributed by atoms with Crippen LogP contribution in [0.25, 0.3) is 0 Å². The van der Waals surface area contributed by atoms with Gasteiger partial charge >= 0.3 is 5.97 Å². The molecule has 4 nitrogen and oxygen atoms in total. The van der Waals surface area contributed by atoms with Crippen molar-refractivity contribution < 1.29 is 19.1 Å². The lowest BCUT2D eigenvalue weighted by Gasteiger charge is -2.25. The summed E-state index contributed by atoms with van der Waals surface area (Å²) in [5.41, 5.74) is 3.21. The van der Waals surface area contributed by atoms with Gasteiger partial charge in [0.05, 0.1) is 12.0 Å². The van der Waals surface area contributed by atoms with Crippen LogP contribution in [0.4, 0.5) is 0 Å². The molecule has 2 aromatic rings. The van der Waals surface area contributed by atoms with Gasteiger partial charge in [0, 0.05) is 11.5 Å². The van der Waals surface area contributed by atoms with Crippen molar-refractivity contribution in [3.63, 3.8) is 0 Å². The van der Waals surface area contributed by atoms with Crippen molar-refractivity contribution in [2.24, 2.45) is 0 Å². The molecule has 0 spiro atoms. The molecule has 2 aliphatic rings. The van der Waals surface area contributed by atoms with Crippen molar-refractivity contribution in [2.45, 2.75) is 26.2 Å². The topological polar surface area (TPSA) is 52.6 Å². The molecule has 0 fully saturated rings. The number of carbonyl (C=O) groups excluding carboxylic acids is 2. The van der Waals surface area contributed by atoms with E-state index in [0.717, 1.165) is 16.7 Å². The predicted octanol–water partition coefficient (Wildman–Crippen LogP) is 4.06. The summed E-state index contributed by atoms with van der Waals surface area (Å²) >= 11 is 1.58. The molecule has 0 N–H and O–H groups in total. The number of fused-ring (bicyclic) bond motifs is 3. The fraction of sp³-hybridized carbons (Fsp3) is 0.222. The Hall–Kier alpha value is -2.40. The van der Waals surface area contributed by atoms with Gasteiger partial charge in [0.15, 0.2) is 5.76 Å². The molecule has 3 heterocycles. The van der Waals surface area contributed by atoms with Crippen LogP contribution >= 0.6 is 11.3 Å². The molecule has 0 aliphatic carbocycles. The Morgan fingerprint density at radius 3 is 2.70 bits per heavy atom. The largest absolute Gasteiger partial charge is 0.452 e. The van der Waals surface area contributed by atoms with Gasteiger partial charge in [-0.15, -0.1) is 0 Å².